The number of rotatable bonds is 6. The highest BCUT2D eigenvalue weighted by atomic mass is 35.5. The maximum absolute atomic E-state index is 13.7. The third kappa shape index (κ3) is 6.44. The van der Waals surface area contributed by atoms with Gasteiger partial charge < -0.3 is 20.1 Å². The number of hydrogen-bond acceptors (Lipinski definition) is 9. The van der Waals surface area contributed by atoms with Crippen LogP contribution in [0.25, 0.3) is 5.65 Å². The molecule has 3 aromatic rings. The smallest absolute Gasteiger partial charge is 0.284 e. The number of aliphatic hydroxyl groups is 1. The van der Waals surface area contributed by atoms with Crippen LogP contribution in [-0.4, -0.2) is 90.7 Å². The van der Waals surface area contributed by atoms with Gasteiger partial charge in [-0.15, -0.1) is 0 Å². The highest BCUT2D eigenvalue weighted by Crippen LogP contribution is 2.34. The van der Waals surface area contributed by atoms with E-state index < -0.39 is 24.3 Å². The summed E-state index contributed by atoms with van der Waals surface area (Å²) in [5.41, 5.74) is 0.229. The van der Waals surface area contributed by atoms with E-state index in [9.17, 15) is 23.5 Å². The molecular weight excluding hydrogens is 598 g/mol. The molecule has 2 bridgehead atoms. The van der Waals surface area contributed by atoms with Crippen molar-refractivity contribution in [1.82, 2.24) is 29.3 Å². The average molecular weight is 635 g/mol. The SMILES string of the molecule is CN1CCC(C(=O)Cl)CC1O.O=C(Nc1cn(C2CCCCC2)nc1C(F)F)c1cnn2ccc(N3C[C@H]4CC3CO4)nc12. The maximum Gasteiger partial charge on any atom is 0.284 e. The van der Waals surface area contributed by atoms with Gasteiger partial charge in [-0.1, -0.05) is 19.3 Å². The lowest BCUT2D eigenvalue weighted by atomic mass is 9.96. The number of halogens is 3. The molecule has 3 unspecified atom stereocenters. The molecule has 1 saturated carbocycles. The van der Waals surface area contributed by atoms with Crippen LogP contribution in [0.15, 0.2) is 24.7 Å². The van der Waals surface area contributed by atoms with E-state index in [4.69, 9.17) is 16.3 Å². The van der Waals surface area contributed by atoms with Crippen LogP contribution in [0.5, 0.6) is 0 Å². The molecule has 15 heteroatoms. The molecule has 0 aromatic carbocycles. The van der Waals surface area contributed by atoms with Crippen LogP contribution in [-0.2, 0) is 9.53 Å². The fourth-order valence-electron chi connectivity index (χ4n) is 6.51. The fourth-order valence-corrected chi connectivity index (χ4v) is 6.71. The summed E-state index contributed by atoms with van der Waals surface area (Å²) < 4.78 is 36.1. The minimum Gasteiger partial charge on any atom is -0.378 e. The Labute approximate surface area is 258 Å². The summed E-state index contributed by atoms with van der Waals surface area (Å²) in [6, 6.07) is 2.23. The number of ether oxygens (including phenoxy) is 1. The van der Waals surface area contributed by atoms with E-state index >= 15 is 0 Å². The minimum atomic E-state index is -2.79. The Bertz CT molecular complexity index is 1500. The molecule has 3 aromatic heterocycles. The zero-order chi connectivity index (χ0) is 31.0. The monoisotopic (exact) mass is 634 g/mol. The number of likely N-dealkylation sites (tertiary alicyclic amines) is 1. The van der Waals surface area contributed by atoms with E-state index in [1.165, 1.54) is 16.9 Å². The number of aliphatic hydroxyl groups excluding tert-OH is 1. The lowest BCUT2D eigenvalue weighted by Crippen LogP contribution is -2.40. The van der Waals surface area contributed by atoms with Gasteiger partial charge in [0.25, 0.3) is 12.3 Å². The molecule has 0 radical (unpaired) electrons. The molecule has 3 saturated heterocycles. The number of alkyl halides is 2. The molecule has 6 heterocycles. The number of nitrogens with one attached hydrogen (secondary N) is 1. The summed E-state index contributed by atoms with van der Waals surface area (Å²) in [6.45, 7) is 2.18. The number of nitrogens with zero attached hydrogens (tertiary/aromatic N) is 7. The highest BCUT2D eigenvalue weighted by Gasteiger charge is 2.40. The number of carbonyl (C=O) groups excluding carboxylic acids is 2. The first-order chi connectivity index (χ1) is 21.2. The quantitative estimate of drug-likeness (QED) is 0.386. The van der Waals surface area contributed by atoms with Gasteiger partial charge in [0.05, 0.1) is 36.7 Å². The number of piperidine rings is 1. The van der Waals surface area contributed by atoms with Crippen molar-refractivity contribution < 1.29 is 28.2 Å². The van der Waals surface area contributed by atoms with Gasteiger partial charge in [0.1, 0.15) is 17.6 Å². The number of carbonyl (C=O) groups is 2. The van der Waals surface area contributed by atoms with E-state index in [0.29, 0.717) is 18.7 Å². The standard InChI is InChI=1S/C22H25F2N7O2.C7H12ClNO2/c23-20(24)19-17(11-31(28-19)13-4-2-1-3-5-13)26-22(32)16-9-25-30-7-6-18(27-21(16)30)29-10-15-8-14(29)12-33-15;1-9-3-2-5(7(8)11)4-6(9)10/h6-7,9,11,13-15,20H,1-5,8,10,12H2,(H,26,32);5-6,10H,2-4H2,1H3/t14?,15-;/m1./s1. The Morgan fingerprint density at radius 3 is 2.61 bits per heavy atom. The van der Waals surface area contributed by atoms with Gasteiger partial charge >= 0.3 is 0 Å². The Kier molecular flexibility index (Phi) is 9.13. The van der Waals surface area contributed by atoms with E-state index in [-0.39, 0.29) is 40.6 Å². The Balaban J connectivity index is 0.000000265. The molecule has 44 heavy (non-hydrogen) atoms. The summed E-state index contributed by atoms with van der Waals surface area (Å²) in [7, 11) is 1.83. The topological polar surface area (TPSA) is 130 Å². The maximum atomic E-state index is 13.7. The van der Waals surface area contributed by atoms with Gasteiger partial charge in [-0.05, 0) is 56.8 Å². The first-order valence-electron chi connectivity index (χ1n) is 15.2. The van der Waals surface area contributed by atoms with Gasteiger partial charge in [0.15, 0.2) is 11.3 Å². The summed E-state index contributed by atoms with van der Waals surface area (Å²) >= 11 is 5.30. The largest absolute Gasteiger partial charge is 0.378 e. The second kappa shape index (κ2) is 13.0. The van der Waals surface area contributed by atoms with Crippen LogP contribution in [0.3, 0.4) is 0 Å². The first kappa shape index (κ1) is 30.8. The molecule has 1 aliphatic carbocycles. The molecule has 4 aliphatic rings. The Morgan fingerprint density at radius 1 is 1.16 bits per heavy atom. The lowest BCUT2D eigenvalue weighted by Gasteiger charge is -2.31. The lowest BCUT2D eigenvalue weighted by molar-refractivity contribution is -0.120. The Morgan fingerprint density at radius 2 is 1.95 bits per heavy atom. The third-order valence-corrected chi connectivity index (χ3v) is 9.42. The van der Waals surface area contributed by atoms with Gasteiger partial charge in [-0.3, -0.25) is 19.2 Å². The summed E-state index contributed by atoms with van der Waals surface area (Å²) in [6.07, 6.45) is 8.90. The summed E-state index contributed by atoms with van der Waals surface area (Å²) in [5.74, 6) is 0.0696. The molecule has 1 amide bonds. The van der Waals surface area contributed by atoms with Crippen LogP contribution in [0.2, 0.25) is 0 Å². The molecular formula is C29H37ClF2N8O4. The van der Waals surface area contributed by atoms with Gasteiger partial charge in [0, 0.05) is 31.4 Å². The van der Waals surface area contributed by atoms with Crippen molar-refractivity contribution in [2.24, 2.45) is 5.92 Å². The normalized spacial score (nSPS) is 25.8. The van der Waals surface area contributed by atoms with Crippen LogP contribution < -0.4 is 10.2 Å². The number of hydrogen-bond donors (Lipinski definition) is 2. The number of morpholine rings is 1. The summed E-state index contributed by atoms with van der Waals surface area (Å²) in [5, 5.41) is 20.0. The van der Waals surface area contributed by atoms with Crippen LogP contribution in [0, 0.1) is 5.92 Å². The van der Waals surface area contributed by atoms with Crippen molar-refractivity contribution in [3.8, 4) is 0 Å². The molecule has 4 atom stereocenters. The second-order valence-corrected chi connectivity index (χ2v) is 12.4. The Hall–Kier alpha value is -3.20. The van der Waals surface area contributed by atoms with E-state index in [2.05, 4.69) is 25.4 Å². The third-order valence-electron chi connectivity index (χ3n) is 9.11. The number of aromatic nitrogens is 5. The van der Waals surface area contributed by atoms with Crippen molar-refractivity contribution in [2.75, 3.05) is 37.0 Å². The van der Waals surface area contributed by atoms with Gasteiger partial charge in [-0.2, -0.15) is 10.2 Å². The molecule has 0 spiro atoms. The molecule has 3 aliphatic heterocycles. The van der Waals surface area contributed by atoms with E-state index in [1.54, 1.807) is 10.9 Å². The van der Waals surface area contributed by atoms with Crippen molar-refractivity contribution >= 4 is 39.9 Å². The second-order valence-electron chi connectivity index (χ2n) is 12.1. The first-order valence-corrected chi connectivity index (χ1v) is 15.5. The van der Waals surface area contributed by atoms with Gasteiger partial charge in [0.2, 0.25) is 5.24 Å². The summed E-state index contributed by atoms with van der Waals surface area (Å²) in [4.78, 5) is 32.5. The zero-order valence-electron chi connectivity index (χ0n) is 24.5. The van der Waals surface area contributed by atoms with Crippen LogP contribution in [0.1, 0.15) is 79.9 Å². The molecule has 4 fully saturated rings. The fraction of sp³-hybridized carbons (Fsp3) is 0.621. The van der Waals surface area contributed by atoms with Crippen molar-refractivity contribution in [3.05, 3.63) is 35.9 Å². The number of anilines is 2. The van der Waals surface area contributed by atoms with Gasteiger partial charge in [-0.25, -0.2) is 18.3 Å². The van der Waals surface area contributed by atoms with E-state index in [0.717, 1.165) is 63.9 Å². The average Bonchev–Trinajstić information content (AvgIpc) is 3.82. The number of fused-ring (bicyclic) bond motifs is 3. The molecule has 12 nitrogen and oxygen atoms in total. The molecule has 2 N–H and O–H groups in total. The van der Waals surface area contributed by atoms with E-state index in [1.807, 2.05) is 18.0 Å². The number of amides is 1. The van der Waals surface area contributed by atoms with Crippen molar-refractivity contribution in [1.29, 1.82) is 0 Å². The zero-order valence-corrected chi connectivity index (χ0v) is 25.2. The van der Waals surface area contributed by atoms with Crippen LogP contribution in [0.4, 0.5) is 20.3 Å². The predicted octanol–water partition coefficient (Wildman–Crippen LogP) is 4.01. The van der Waals surface area contributed by atoms with Crippen molar-refractivity contribution in [2.45, 2.75) is 82.2 Å². The highest BCUT2D eigenvalue weighted by molar-refractivity contribution is 6.64. The van der Waals surface area contributed by atoms with Crippen LogP contribution >= 0.6 is 11.6 Å². The molecule has 238 valence electrons. The molecule has 7 rings (SSSR count). The predicted molar refractivity (Wildman–Crippen MR) is 158 cm³/mol. The minimum absolute atomic E-state index is 0.0325. The van der Waals surface area contributed by atoms with Crippen molar-refractivity contribution in [3.63, 3.8) is 0 Å².